The fourth-order valence-electron chi connectivity index (χ4n) is 2.08. The van der Waals surface area contributed by atoms with E-state index in [1.165, 1.54) is 17.2 Å². The number of anilines is 1. The zero-order valence-corrected chi connectivity index (χ0v) is 13.2. The van der Waals surface area contributed by atoms with Crippen LogP contribution in [-0.4, -0.2) is 35.0 Å². The van der Waals surface area contributed by atoms with E-state index in [2.05, 4.69) is 25.3 Å². The number of imidazole rings is 1. The second-order valence-electron chi connectivity index (χ2n) is 5.17. The molecular weight excluding hydrogens is 310 g/mol. The predicted molar refractivity (Wildman–Crippen MR) is 85.8 cm³/mol. The summed E-state index contributed by atoms with van der Waals surface area (Å²) >= 11 is 0. The standard InChI is InChI=1S/C15H15N7O2/c1-10-11(2)19-9-22(15(10)24)6-14(23)20-12-5-13(18-7-17-12)21-4-3-16-8-21/h3-5,7-9H,6H2,1-2H3,(H,17,18,20,23). The zero-order chi connectivity index (χ0) is 17.1. The molecule has 1 amide bonds. The van der Waals surface area contributed by atoms with Crippen LogP contribution in [0.5, 0.6) is 0 Å². The van der Waals surface area contributed by atoms with Gasteiger partial charge in [0.05, 0.1) is 6.33 Å². The van der Waals surface area contributed by atoms with E-state index in [9.17, 15) is 9.59 Å². The van der Waals surface area contributed by atoms with Gasteiger partial charge in [-0.3, -0.25) is 18.7 Å². The monoisotopic (exact) mass is 325 g/mol. The molecule has 3 rings (SSSR count). The van der Waals surface area contributed by atoms with Crippen molar-refractivity contribution in [1.82, 2.24) is 29.1 Å². The number of aromatic nitrogens is 6. The normalized spacial score (nSPS) is 10.6. The van der Waals surface area contributed by atoms with Gasteiger partial charge in [-0.1, -0.05) is 0 Å². The summed E-state index contributed by atoms with van der Waals surface area (Å²) in [6, 6.07) is 1.61. The molecule has 0 radical (unpaired) electrons. The maximum Gasteiger partial charge on any atom is 0.256 e. The summed E-state index contributed by atoms with van der Waals surface area (Å²) in [5, 5.41) is 2.64. The van der Waals surface area contributed by atoms with Crippen molar-refractivity contribution in [3.63, 3.8) is 0 Å². The van der Waals surface area contributed by atoms with Crippen molar-refractivity contribution in [2.24, 2.45) is 0 Å². The fraction of sp³-hybridized carbons (Fsp3) is 0.200. The number of carbonyl (C=O) groups excluding carboxylic acids is 1. The van der Waals surface area contributed by atoms with E-state index in [4.69, 9.17) is 0 Å². The number of carbonyl (C=O) groups is 1. The summed E-state index contributed by atoms with van der Waals surface area (Å²) in [4.78, 5) is 40.4. The average Bonchev–Trinajstić information content (AvgIpc) is 3.10. The molecule has 0 aromatic carbocycles. The summed E-state index contributed by atoms with van der Waals surface area (Å²) in [6.07, 6.45) is 7.65. The Hall–Kier alpha value is -3.36. The van der Waals surface area contributed by atoms with Crippen LogP contribution in [0, 0.1) is 13.8 Å². The van der Waals surface area contributed by atoms with Crippen molar-refractivity contribution >= 4 is 11.7 Å². The molecule has 0 aliphatic carbocycles. The zero-order valence-electron chi connectivity index (χ0n) is 13.2. The Morgan fingerprint density at radius 1 is 1.21 bits per heavy atom. The predicted octanol–water partition coefficient (Wildman–Crippen LogP) is 0.475. The molecule has 0 aliphatic heterocycles. The summed E-state index contributed by atoms with van der Waals surface area (Å²) in [5.74, 6) is 0.531. The minimum Gasteiger partial charge on any atom is -0.309 e. The largest absolute Gasteiger partial charge is 0.309 e. The Labute approximate surface area is 137 Å². The molecule has 3 heterocycles. The Bertz CT molecular complexity index is 931. The second-order valence-corrected chi connectivity index (χ2v) is 5.17. The third kappa shape index (κ3) is 3.19. The van der Waals surface area contributed by atoms with Crippen molar-refractivity contribution in [3.05, 3.63) is 59.1 Å². The Kier molecular flexibility index (Phi) is 4.15. The van der Waals surface area contributed by atoms with Gasteiger partial charge in [-0.25, -0.2) is 19.9 Å². The molecule has 0 saturated heterocycles. The van der Waals surface area contributed by atoms with Gasteiger partial charge in [0, 0.05) is 29.7 Å². The SMILES string of the molecule is Cc1ncn(CC(=O)Nc2cc(-n3ccnc3)ncn2)c(=O)c1C. The first kappa shape index (κ1) is 15.5. The number of hydrogen-bond acceptors (Lipinski definition) is 6. The highest BCUT2D eigenvalue weighted by Gasteiger charge is 2.10. The summed E-state index contributed by atoms with van der Waals surface area (Å²) in [5.41, 5.74) is 0.937. The van der Waals surface area contributed by atoms with E-state index >= 15 is 0 Å². The van der Waals surface area contributed by atoms with Crippen molar-refractivity contribution in [3.8, 4) is 5.82 Å². The van der Waals surface area contributed by atoms with Gasteiger partial charge in [0.15, 0.2) is 0 Å². The van der Waals surface area contributed by atoms with Crippen LogP contribution in [0.3, 0.4) is 0 Å². The lowest BCUT2D eigenvalue weighted by molar-refractivity contribution is -0.116. The molecule has 0 unspecified atom stereocenters. The lowest BCUT2D eigenvalue weighted by Crippen LogP contribution is -2.30. The van der Waals surface area contributed by atoms with Crippen LogP contribution in [0.25, 0.3) is 5.82 Å². The highest BCUT2D eigenvalue weighted by molar-refractivity contribution is 5.89. The third-order valence-corrected chi connectivity index (χ3v) is 3.52. The van der Waals surface area contributed by atoms with Crippen LogP contribution in [-0.2, 0) is 11.3 Å². The van der Waals surface area contributed by atoms with Gasteiger partial charge in [-0.2, -0.15) is 0 Å². The third-order valence-electron chi connectivity index (χ3n) is 3.52. The maximum absolute atomic E-state index is 12.1. The Balaban J connectivity index is 1.75. The lowest BCUT2D eigenvalue weighted by Gasteiger charge is -2.09. The quantitative estimate of drug-likeness (QED) is 0.747. The lowest BCUT2D eigenvalue weighted by atomic mass is 10.3. The molecule has 0 saturated carbocycles. The molecule has 0 atom stereocenters. The van der Waals surface area contributed by atoms with Crippen LogP contribution in [0.15, 0.2) is 42.2 Å². The molecule has 24 heavy (non-hydrogen) atoms. The van der Waals surface area contributed by atoms with Gasteiger partial charge in [0.1, 0.15) is 30.8 Å². The van der Waals surface area contributed by atoms with Crippen LogP contribution >= 0.6 is 0 Å². The van der Waals surface area contributed by atoms with Crippen LogP contribution in [0.1, 0.15) is 11.3 Å². The molecule has 0 fully saturated rings. The minimum atomic E-state index is -0.377. The molecule has 0 aliphatic rings. The summed E-state index contributed by atoms with van der Waals surface area (Å²) < 4.78 is 2.95. The highest BCUT2D eigenvalue weighted by atomic mass is 16.2. The van der Waals surface area contributed by atoms with Gasteiger partial charge in [0.25, 0.3) is 5.56 Å². The number of amides is 1. The van der Waals surface area contributed by atoms with Crippen LogP contribution < -0.4 is 10.9 Å². The maximum atomic E-state index is 12.1. The summed E-state index contributed by atoms with van der Waals surface area (Å²) in [6.45, 7) is 3.29. The first-order valence-electron chi connectivity index (χ1n) is 7.17. The van der Waals surface area contributed by atoms with Crippen molar-refractivity contribution in [1.29, 1.82) is 0 Å². The molecule has 1 N–H and O–H groups in total. The van der Waals surface area contributed by atoms with E-state index in [-0.39, 0.29) is 18.0 Å². The smallest absolute Gasteiger partial charge is 0.256 e. The van der Waals surface area contributed by atoms with Gasteiger partial charge >= 0.3 is 0 Å². The Morgan fingerprint density at radius 2 is 2.04 bits per heavy atom. The van der Waals surface area contributed by atoms with Gasteiger partial charge < -0.3 is 5.32 Å². The molecule has 9 nitrogen and oxygen atoms in total. The van der Waals surface area contributed by atoms with Crippen LogP contribution in [0.4, 0.5) is 5.82 Å². The number of aryl methyl sites for hydroxylation is 1. The topological polar surface area (TPSA) is 108 Å². The van der Waals surface area contributed by atoms with E-state index in [0.717, 1.165) is 0 Å². The highest BCUT2D eigenvalue weighted by Crippen LogP contribution is 2.08. The number of nitrogens with zero attached hydrogens (tertiary/aromatic N) is 6. The van der Waals surface area contributed by atoms with E-state index in [1.807, 2.05) is 0 Å². The first-order valence-corrected chi connectivity index (χ1v) is 7.17. The van der Waals surface area contributed by atoms with Gasteiger partial charge in [0.2, 0.25) is 5.91 Å². The van der Waals surface area contributed by atoms with Crippen molar-refractivity contribution in [2.45, 2.75) is 20.4 Å². The average molecular weight is 325 g/mol. The number of hydrogen-bond donors (Lipinski definition) is 1. The number of rotatable bonds is 4. The van der Waals surface area contributed by atoms with Crippen LogP contribution in [0.2, 0.25) is 0 Å². The number of nitrogens with one attached hydrogen (secondary N) is 1. The van der Waals surface area contributed by atoms with Gasteiger partial charge in [-0.05, 0) is 13.8 Å². The molecule has 3 aromatic heterocycles. The molecule has 3 aromatic rings. The van der Waals surface area contributed by atoms with E-state index in [0.29, 0.717) is 22.9 Å². The minimum absolute atomic E-state index is 0.142. The molecule has 0 spiro atoms. The second kappa shape index (κ2) is 6.41. The van der Waals surface area contributed by atoms with Gasteiger partial charge in [-0.15, -0.1) is 0 Å². The molecule has 9 heteroatoms. The van der Waals surface area contributed by atoms with E-state index < -0.39 is 0 Å². The van der Waals surface area contributed by atoms with E-state index in [1.54, 1.807) is 43.2 Å². The van der Waals surface area contributed by atoms with Crippen molar-refractivity contribution in [2.75, 3.05) is 5.32 Å². The molecule has 0 bridgehead atoms. The fourth-order valence-corrected chi connectivity index (χ4v) is 2.08. The van der Waals surface area contributed by atoms with Crippen molar-refractivity contribution < 1.29 is 4.79 Å². The Morgan fingerprint density at radius 3 is 2.79 bits per heavy atom. The molecular formula is C15H15N7O2. The molecule has 122 valence electrons. The first-order chi connectivity index (χ1) is 11.5. The summed E-state index contributed by atoms with van der Waals surface area (Å²) in [7, 11) is 0.